The third-order valence-electron chi connectivity index (χ3n) is 3.57. The van der Waals surface area contributed by atoms with Crippen molar-refractivity contribution < 1.29 is 9.53 Å². The van der Waals surface area contributed by atoms with Crippen LogP contribution >= 0.6 is 0 Å². The molecule has 0 heterocycles. The van der Waals surface area contributed by atoms with Gasteiger partial charge >= 0.3 is 0 Å². The first-order valence-corrected chi connectivity index (χ1v) is 6.82. The van der Waals surface area contributed by atoms with Crippen molar-refractivity contribution in [3.63, 3.8) is 0 Å². The molecule has 0 unspecified atom stereocenters. The molecule has 0 aliphatic heterocycles. The van der Waals surface area contributed by atoms with E-state index < -0.39 is 0 Å². The number of likely N-dealkylation sites (N-methyl/N-ethyl adjacent to an activating group) is 1. The van der Waals surface area contributed by atoms with Crippen molar-refractivity contribution in [1.29, 1.82) is 0 Å². The molecule has 0 aliphatic rings. The molecule has 0 radical (unpaired) electrons. The summed E-state index contributed by atoms with van der Waals surface area (Å²) < 4.78 is 5.07. The fraction of sp³-hybridized carbons (Fsp3) is 0.562. The lowest BCUT2D eigenvalue weighted by Crippen LogP contribution is -2.32. The van der Waals surface area contributed by atoms with Crippen LogP contribution in [-0.2, 0) is 4.74 Å². The zero-order valence-corrected chi connectivity index (χ0v) is 12.7. The average molecular weight is 263 g/mol. The first-order valence-electron chi connectivity index (χ1n) is 6.82. The minimum atomic E-state index is 0.193. The molecule has 1 rings (SSSR count). The summed E-state index contributed by atoms with van der Waals surface area (Å²) in [4.78, 5) is 14.5. The summed E-state index contributed by atoms with van der Waals surface area (Å²) in [5.41, 5.74) is 4.32. The smallest absolute Gasteiger partial charge is 0.177 e. The van der Waals surface area contributed by atoms with Gasteiger partial charge in [-0.3, -0.25) is 9.69 Å². The van der Waals surface area contributed by atoms with Crippen LogP contribution in [0.1, 0.15) is 34.0 Å². The quantitative estimate of drug-likeness (QED) is 0.708. The van der Waals surface area contributed by atoms with Crippen LogP contribution in [0.2, 0.25) is 0 Å². The van der Waals surface area contributed by atoms with Gasteiger partial charge in [-0.25, -0.2) is 0 Å². The van der Waals surface area contributed by atoms with Crippen LogP contribution in [0.15, 0.2) is 12.1 Å². The zero-order valence-electron chi connectivity index (χ0n) is 12.7. The van der Waals surface area contributed by atoms with Crippen molar-refractivity contribution in [2.45, 2.75) is 27.7 Å². The number of benzene rings is 1. The Hall–Kier alpha value is -1.19. The fourth-order valence-corrected chi connectivity index (χ4v) is 2.12. The van der Waals surface area contributed by atoms with Crippen LogP contribution in [0.4, 0.5) is 0 Å². The van der Waals surface area contributed by atoms with Gasteiger partial charge in [0.25, 0.3) is 0 Å². The summed E-state index contributed by atoms with van der Waals surface area (Å²) in [7, 11) is 1.68. The molecule has 3 nitrogen and oxygen atoms in total. The van der Waals surface area contributed by atoms with E-state index in [1.54, 1.807) is 7.11 Å². The number of hydrogen-bond acceptors (Lipinski definition) is 3. The van der Waals surface area contributed by atoms with Crippen molar-refractivity contribution in [3.8, 4) is 0 Å². The lowest BCUT2D eigenvalue weighted by atomic mass is 9.98. The van der Waals surface area contributed by atoms with Crippen LogP contribution in [-0.4, -0.2) is 44.0 Å². The molecule has 0 N–H and O–H groups in total. The molecule has 0 aliphatic carbocycles. The number of nitrogens with zero attached hydrogens (tertiary/aromatic N) is 1. The Morgan fingerprint density at radius 2 is 1.79 bits per heavy atom. The monoisotopic (exact) mass is 263 g/mol. The molecule has 0 atom stereocenters. The van der Waals surface area contributed by atoms with Gasteiger partial charge in [0, 0.05) is 19.2 Å². The predicted molar refractivity (Wildman–Crippen MR) is 79.0 cm³/mol. The number of hydrogen-bond donors (Lipinski definition) is 0. The second kappa shape index (κ2) is 7.41. The molecule has 0 bridgehead atoms. The average Bonchev–Trinajstić information content (AvgIpc) is 2.38. The summed E-state index contributed by atoms with van der Waals surface area (Å²) in [5, 5.41) is 0. The minimum Gasteiger partial charge on any atom is -0.383 e. The molecule has 106 valence electrons. The van der Waals surface area contributed by atoms with E-state index in [2.05, 4.69) is 24.8 Å². The van der Waals surface area contributed by atoms with Crippen LogP contribution in [0, 0.1) is 20.8 Å². The van der Waals surface area contributed by atoms with Gasteiger partial charge in [-0.1, -0.05) is 13.0 Å². The third-order valence-corrected chi connectivity index (χ3v) is 3.57. The summed E-state index contributed by atoms with van der Waals surface area (Å²) in [5.74, 6) is 0.193. The molecule has 0 aromatic heterocycles. The Balaban J connectivity index is 2.79. The maximum Gasteiger partial charge on any atom is 0.177 e. The van der Waals surface area contributed by atoms with Crippen LogP contribution in [0.3, 0.4) is 0 Å². The number of aryl methyl sites for hydroxylation is 3. The summed E-state index contributed by atoms with van der Waals surface area (Å²) in [6.07, 6.45) is 0. The Kier molecular flexibility index (Phi) is 6.19. The number of carbonyl (C=O) groups excluding carboxylic acids is 1. The molecule has 3 heteroatoms. The number of ketones is 1. The van der Waals surface area contributed by atoms with E-state index in [9.17, 15) is 4.79 Å². The van der Waals surface area contributed by atoms with Crippen LogP contribution < -0.4 is 0 Å². The fourth-order valence-electron chi connectivity index (χ4n) is 2.12. The van der Waals surface area contributed by atoms with Gasteiger partial charge in [0.2, 0.25) is 0 Å². The van der Waals surface area contributed by atoms with Crippen molar-refractivity contribution >= 4 is 5.78 Å². The third kappa shape index (κ3) is 4.44. The Morgan fingerprint density at radius 3 is 2.37 bits per heavy atom. The van der Waals surface area contributed by atoms with E-state index in [-0.39, 0.29) is 5.78 Å². The second-order valence-corrected chi connectivity index (χ2v) is 5.04. The molecular weight excluding hydrogens is 238 g/mol. The van der Waals surface area contributed by atoms with Gasteiger partial charge in [-0.15, -0.1) is 0 Å². The van der Waals surface area contributed by atoms with Crippen LogP contribution in [0.5, 0.6) is 0 Å². The van der Waals surface area contributed by atoms with Crippen molar-refractivity contribution in [1.82, 2.24) is 4.90 Å². The highest BCUT2D eigenvalue weighted by atomic mass is 16.5. The topological polar surface area (TPSA) is 29.5 Å². The molecule has 0 amide bonds. The number of methoxy groups -OCH3 is 1. The molecule has 1 aromatic carbocycles. The molecule has 1 aromatic rings. The van der Waals surface area contributed by atoms with E-state index in [0.29, 0.717) is 13.2 Å². The molecular formula is C16H25NO2. The van der Waals surface area contributed by atoms with E-state index in [4.69, 9.17) is 4.74 Å². The highest BCUT2D eigenvalue weighted by Gasteiger charge is 2.14. The largest absolute Gasteiger partial charge is 0.383 e. The first-order chi connectivity index (χ1) is 8.99. The van der Waals surface area contributed by atoms with Crippen molar-refractivity contribution in [3.05, 3.63) is 34.4 Å². The van der Waals surface area contributed by atoms with Gasteiger partial charge in [0.15, 0.2) is 5.78 Å². The number of carbonyl (C=O) groups is 1. The Bertz CT molecular complexity index is 441. The van der Waals surface area contributed by atoms with Gasteiger partial charge in [0.05, 0.1) is 13.2 Å². The molecule has 0 fully saturated rings. The lowest BCUT2D eigenvalue weighted by molar-refractivity contribution is 0.0901. The minimum absolute atomic E-state index is 0.193. The highest BCUT2D eigenvalue weighted by Crippen LogP contribution is 2.16. The molecule has 19 heavy (non-hydrogen) atoms. The SMILES string of the molecule is CCN(CCOC)CC(=O)c1cc(C)c(C)cc1C. The van der Waals surface area contributed by atoms with Gasteiger partial charge in [-0.2, -0.15) is 0 Å². The van der Waals surface area contributed by atoms with Crippen molar-refractivity contribution in [2.24, 2.45) is 0 Å². The number of ether oxygens (including phenoxy) is 1. The molecule has 0 spiro atoms. The van der Waals surface area contributed by atoms with Gasteiger partial charge in [-0.05, 0) is 50.1 Å². The standard InChI is InChI=1S/C16H25NO2/c1-6-17(7-8-19-5)11-16(18)15-10-13(3)12(2)9-14(15)4/h9-10H,6-8,11H2,1-5H3. The predicted octanol–water partition coefficient (Wildman–Crippen LogP) is 2.76. The van der Waals surface area contributed by atoms with Gasteiger partial charge in [0.1, 0.15) is 0 Å². The maximum absolute atomic E-state index is 12.4. The van der Waals surface area contributed by atoms with E-state index in [1.165, 1.54) is 11.1 Å². The first kappa shape index (κ1) is 15.9. The molecule has 0 saturated heterocycles. The van der Waals surface area contributed by atoms with Crippen LogP contribution in [0.25, 0.3) is 0 Å². The summed E-state index contributed by atoms with van der Waals surface area (Å²) >= 11 is 0. The van der Waals surface area contributed by atoms with E-state index in [0.717, 1.165) is 24.2 Å². The normalized spacial score (nSPS) is 11.1. The summed E-state index contributed by atoms with van der Waals surface area (Å²) in [6.45, 7) is 11.0. The van der Waals surface area contributed by atoms with Crippen molar-refractivity contribution in [2.75, 3.05) is 33.4 Å². The summed E-state index contributed by atoms with van der Waals surface area (Å²) in [6, 6.07) is 4.10. The van der Waals surface area contributed by atoms with E-state index >= 15 is 0 Å². The number of rotatable bonds is 7. The Morgan fingerprint density at radius 1 is 1.16 bits per heavy atom. The van der Waals surface area contributed by atoms with Gasteiger partial charge < -0.3 is 4.74 Å². The highest BCUT2D eigenvalue weighted by molar-refractivity contribution is 5.99. The van der Waals surface area contributed by atoms with E-state index in [1.807, 2.05) is 19.9 Å². The second-order valence-electron chi connectivity index (χ2n) is 5.04. The molecule has 0 saturated carbocycles. The lowest BCUT2D eigenvalue weighted by Gasteiger charge is -2.19. The maximum atomic E-state index is 12.4. The number of Topliss-reactive ketones (excluding diaryl/α,β-unsaturated/α-hetero) is 1. The zero-order chi connectivity index (χ0) is 14.4. The Labute approximate surface area is 116 Å².